The van der Waals surface area contributed by atoms with Crippen LogP contribution in [0, 0.1) is 6.92 Å². The Hall–Kier alpha value is -4.25. The quantitative estimate of drug-likeness (QED) is 0.148. The maximum absolute atomic E-state index is 14.7. The maximum Gasteiger partial charge on any atom is 0.264 e. The minimum absolute atomic E-state index is 0.0158. The highest BCUT2D eigenvalue weighted by Gasteiger charge is 2.35. The van der Waals surface area contributed by atoms with Crippen LogP contribution in [0.3, 0.4) is 0 Å². The van der Waals surface area contributed by atoms with Crippen LogP contribution in [0.5, 0.6) is 11.5 Å². The van der Waals surface area contributed by atoms with Crippen LogP contribution >= 0.6 is 23.2 Å². The number of benzene rings is 4. The number of halogens is 2. The largest absolute Gasteiger partial charge is 0.493 e. The Kier molecular flexibility index (Phi) is 12.7. The molecule has 0 saturated carbocycles. The molecule has 0 spiro atoms. The number of nitrogens with one attached hydrogen (secondary N) is 1. The Bertz CT molecular complexity index is 1800. The molecule has 4 rings (SSSR count). The number of carbonyl (C=O) groups excluding carboxylic acids is 2. The maximum atomic E-state index is 14.7. The first kappa shape index (κ1) is 36.6. The number of ether oxygens (including phenoxy) is 2. The molecule has 4 aromatic carbocycles. The highest BCUT2D eigenvalue weighted by Crippen LogP contribution is 2.34. The van der Waals surface area contributed by atoms with Gasteiger partial charge in [0.15, 0.2) is 11.5 Å². The average Bonchev–Trinajstić information content (AvgIpc) is 3.08. The Balaban J connectivity index is 1.87. The summed E-state index contributed by atoms with van der Waals surface area (Å²) in [7, 11) is -1.41. The number of hydrogen-bond donors (Lipinski definition) is 1. The number of aryl methyl sites for hydroxylation is 1. The second-order valence-corrected chi connectivity index (χ2v) is 13.8. The minimum atomic E-state index is -4.32. The first-order valence-corrected chi connectivity index (χ1v) is 17.5. The summed E-state index contributed by atoms with van der Waals surface area (Å²) in [6, 6.07) is 24.1. The lowest BCUT2D eigenvalue weighted by atomic mass is 10.0. The molecule has 1 unspecified atom stereocenters. The molecular formula is C36H39Cl2N3O6S. The van der Waals surface area contributed by atoms with Crippen molar-refractivity contribution < 1.29 is 27.5 Å². The summed E-state index contributed by atoms with van der Waals surface area (Å²) < 4.78 is 40.5. The number of sulfonamides is 1. The lowest BCUT2D eigenvalue weighted by Crippen LogP contribution is -2.53. The number of carbonyl (C=O) groups is 2. The summed E-state index contributed by atoms with van der Waals surface area (Å²) in [5.74, 6) is -0.391. The third-order valence-electron chi connectivity index (χ3n) is 7.75. The van der Waals surface area contributed by atoms with Crippen molar-refractivity contribution in [3.8, 4) is 11.5 Å². The van der Waals surface area contributed by atoms with Crippen LogP contribution in [0.2, 0.25) is 10.0 Å². The monoisotopic (exact) mass is 711 g/mol. The fraction of sp³-hybridized carbons (Fsp3) is 0.278. The summed E-state index contributed by atoms with van der Waals surface area (Å²) in [6.45, 7) is 3.35. The zero-order chi connectivity index (χ0) is 34.8. The van der Waals surface area contributed by atoms with Crippen LogP contribution in [-0.2, 0) is 32.6 Å². The number of rotatable bonds is 15. The van der Waals surface area contributed by atoms with Crippen LogP contribution in [-0.4, -0.2) is 58.5 Å². The van der Waals surface area contributed by atoms with E-state index < -0.39 is 34.4 Å². The molecule has 1 atom stereocenters. The van der Waals surface area contributed by atoms with E-state index in [2.05, 4.69) is 5.32 Å². The fourth-order valence-corrected chi connectivity index (χ4v) is 7.04. The van der Waals surface area contributed by atoms with E-state index in [0.29, 0.717) is 34.3 Å². The van der Waals surface area contributed by atoms with E-state index in [0.717, 1.165) is 15.4 Å². The van der Waals surface area contributed by atoms with Crippen LogP contribution in [0.15, 0.2) is 95.9 Å². The molecule has 2 amide bonds. The zero-order valence-corrected chi connectivity index (χ0v) is 29.6. The Morgan fingerprint density at radius 2 is 1.50 bits per heavy atom. The Morgan fingerprint density at radius 3 is 2.10 bits per heavy atom. The Morgan fingerprint density at radius 1 is 0.854 bits per heavy atom. The van der Waals surface area contributed by atoms with Gasteiger partial charge in [-0.3, -0.25) is 13.9 Å². The van der Waals surface area contributed by atoms with Crippen molar-refractivity contribution in [1.29, 1.82) is 0 Å². The molecule has 0 aliphatic rings. The lowest BCUT2D eigenvalue weighted by Gasteiger charge is -2.34. The van der Waals surface area contributed by atoms with Gasteiger partial charge in [-0.1, -0.05) is 84.2 Å². The van der Waals surface area contributed by atoms with E-state index in [9.17, 15) is 18.0 Å². The van der Waals surface area contributed by atoms with Crippen molar-refractivity contribution in [2.24, 2.45) is 0 Å². The van der Waals surface area contributed by atoms with Crippen molar-refractivity contribution in [2.75, 3.05) is 31.6 Å². The molecule has 48 heavy (non-hydrogen) atoms. The summed E-state index contributed by atoms with van der Waals surface area (Å²) >= 11 is 13.2. The SMILES string of the molecule is CCCNC(=O)C(Cc1ccccc1)N(Cc1c(Cl)cccc1Cl)C(=O)CN(c1ccc(OC)c(OC)c1)S(=O)(=O)c1ccc(C)cc1. The van der Waals surface area contributed by atoms with Crippen LogP contribution < -0.4 is 19.1 Å². The number of methoxy groups -OCH3 is 2. The third-order valence-corrected chi connectivity index (χ3v) is 10.2. The summed E-state index contributed by atoms with van der Waals surface area (Å²) in [5, 5.41) is 3.52. The molecule has 0 radical (unpaired) electrons. The number of anilines is 1. The number of nitrogens with zero attached hydrogens (tertiary/aromatic N) is 2. The van der Waals surface area contributed by atoms with Crippen molar-refractivity contribution in [3.63, 3.8) is 0 Å². The molecule has 254 valence electrons. The molecule has 0 aromatic heterocycles. The predicted molar refractivity (Wildman–Crippen MR) is 190 cm³/mol. The molecule has 0 bridgehead atoms. The van der Waals surface area contributed by atoms with Gasteiger partial charge in [-0.25, -0.2) is 8.42 Å². The van der Waals surface area contributed by atoms with Gasteiger partial charge in [-0.2, -0.15) is 0 Å². The fourth-order valence-electron chi connectivity index (χ4n) is 5.12. The molecule has 0 saturated heterocycles. The van der Waals surface area contributed by atoms with E-state index in [1.54, 1.807) is 36.4 Å². The normalized spacial score (nSPS) is 11.8. The van der Waals surface area contributed by atoms with Gasteiger partial charge in [0.25, 0.3) is 10.0 Å². The molecule has 9 nitrogen and oxygen atoms in total. The summed E-state index contributed by atoms with van der Waals surface area (Å²) in [6.07, 6.45) is 0.835. The molecule has 4 aromatic rings. The summed E-state index contributed by atoms with van der Waals surface area (Å²) in [4.78, 5) is 29.8. The first-order valence-electron chi connectivity index (χ1n) is 15.4. The van der Waals surface area contributed by atoms with Gasteiger partial charge >= 0.3 is 0 Å². The second kappa shape index (κ2) is 16.7. The minimum Gasteiger partial charge on any atom is -0.493 e. The van der Waals surface area contributed by atoms with Gasteiger partial charge in [-0.15, -0.1) is 0 Å². The number of hydrogen-bond acceptors (Lipinski definition) is 6. The highest BCUT2D eigenvalue weighted by molar-refractivity contribution is 7.92. The van der Waals surface area contributed by atoms with Gasteiger partial charge in [-0.05, 0) is 55.3 Å². The Labute approximate surface area is 292 Å². The van der Waals surface area contributed by atoms with Crippen molar-refractivity contribution in [1.82, 2.24) is 10.2 Å². The van der Waals surface area contributed by atoms with E-state index in [4.69, 9.17) is 32.7 Å². The molecular weight excluding hydrogens is 673 g/mol. The van der Waals surface area contributed by atoms with Gasteiger partial charge in [0.05, 0.1) is 24.8 Å². The molecule has 12 heteroatoms. The van der Waals surface area contributed by atoms with Crippen LogP contribution in [0.4, 0.5) is 5.69 Å². The molecule has 1 N–H and O–H groups in total. The van der Waals surface area contributed by atoms with E-state index in [-0.39, 0.29) is 29.3 Å². The lowest BCUT2D eigenvalue weighted by molar-refractivity contribution is -0.140. The van der Waals surface area contributed by atoms with Crippen LogP contribution in [0.25, 0.3) is 0 Å². The standard InChI is InChI=1S/C36H39Cl2N3O6S/c1-5-20-39-36(43)32(21-26-10-7-6-8-11-26)40(23-29-30(37)12-9-13-31(29)38)35(42)24-41(27-16-19-33(46-3)34(22-27)47-4)48(44,45)28-17-14-25(2)15-18-28/h6-19,22,32H,5,20-21,23-24H2,1-4H3,(H,39,43). The molecule has 0 aliphatic heterocycles. The smallest absolute Gasteiger partial charge is 0.264 e. The van der Waals surface area contributed by atoms with E-state index in [1.807, 2.05) is 44.2 Å². The number of amides is 2. The molecule has 0 heterocycles. The van der Waals surface area contributed by atoms with Gasteiger partial charge in [0.2, 0.25) is 11.8 Å². The second-order valence-electron chi connectivity index (χ2n) is 11.1. The topological polar surface area (TPSA) is 105 Å². The molecule has 0 fully saturated rings. The van der Waals surface area contributed by atoms with Gasteiger partial charge < -0.3 is 19.7 Å². The van der Waals surface area contributed by atoms with Crippen molar-refractivity contribution in [3.05, 3.63) is 118 Å². The third kappa shape index (κ3) is 8.80. The first-order chi connectivity index (χ1) is 23.0. The van der Waals surface area contributed by atoms with Crippen molar-refractivity contribution >= 4 is 50.7 Å². The van der Waals surface area contributed by atoms with Crippen molar-refractivity contribution in [2.45, 2.75) is 44.2 Å². The average molecular weight is 713 g/mol. The summed E-state index contributed by atoms with van der Waals surface area (Å²) in [5.41, 5.74) is 2.26. The van der Waals surface area contributed by atoms with Gasteiger partial charge in [0.1, 0.15) is 12.6 Å². The highest BCUT2D eigenvalue weighted by atomic mass is 35.5. The van der Waals surface area contributed by atoms with Crippen LogP contribution in [0.1, 0.15) is 30.0 Å². The van der Waals surface area contributed by atoms with E-state index >= 15 is 0 Å². The zero-order valence-electron chi connectivity index (χ0n) is 27.3. The van der Waals surface area contributed by atoms with Gasteiger partial charge in [0, 0.05) is 41.2 Å². The van der Waals surface area contributed by atoms with E-state index in [1.165, 1.54) is 43.4 Å². The molecule has 0 aliphatic carbocycles. The predicted octanol–water partition coefficient (Wildman–Crippen LogP) is 6.68.